The lowest BCUT2D eigenvalue weighted by atomic mass is 9.98. The van der Waals surface area contributed by atoms with E-state index >= 15 is 0 Å². The average molecular weight is 342 g/mol. The fourth-order valence-corrected chi connectivity index (χ4v) is 2.53. The molecule has 2 amide bonds. The molecule has 0 aliphatic carbocycles. The van der Waals surface area contributed by atoms with Crippen LogP contribution in [-0.4, -0.2) is 54.0 Å². The van der Waals surface area contributed by atoms with Gasteiger partial charge in [-0.1, -0.05) is 0 Å². The zero-order valence-electron chi connectivity index (χ0n) is 13.9. The molecule has 0 spiro atoms. The van der Waals surface area contributed by atoms with Gasteiger partial charge >= 0.3 is 0 Å². The topological polar surface area (TPSA) is 93.7 Å². The number of nitrogens with zero attached hydrogens (tertiary/aromatic N) is 3. The van der Waals surface area contributed by atoms with Crippen molar-refractivity contribution in [3.63, 3.8) is 0 Å². The largest absolute Gasteiger partial charge is 0.497 e. The highest BCUT2D eigenvalue weighted by Crippen LogP contribution is 2.30. The Bertz CT molecular complexity index is 775. The molecule has 1 N–H and O–H groups in total. The van der Waals surface area contributed by atoms with Crippen molar-refractivity contribution in [2.45, 2.75) is 0 Å². The van der Waals surface area contributed by atoms with Gasteiger partial charge in [-0.25, -0.2) is 4.98 Å². The minimum atomic E-state index is -0.281. The van der Waals surface area contributed by atoms with Gasteiger partial charge in [-0.05, 0) is 12.1 Å². The Morgan fingerprint density at radius 1 is 1.20 bits per heavy atom. The van der Waals surface area contributed by atoms with Crippen LogP contribution in [0.5, 0.6) is 11.5 Å². The molecule has 3 rings (SSSR count). The minimum Gasteiger partial charge on any atom is -0.497 e. The summed E-state index contributed by atoms with van der Waals surface area (Å²) >= 11 is 0. The van der Waals surface area contributed by atoms with E-state index in [0.717, 1.165) is 0 Å². The fourth-order valence-electron chi connectivity index (χ4n) is 2.53. The minimum absolute atomic E-state index is 0.172. The summed E-state index contributed by atoms with van der Waals surface area (Å²) < 4.78 is 10.4. The lowest BCUT2D eigenvalue weighted by molar-refractivity contribution is -0.123. The summed E-state index contributed by atoms with van der Waals surface area (Å²) in [4.78, 5) is 34.0. The third-order valence-corrected chi connectivity index (χ3v) is 3.99. The molecule has 0 unspecified atom stereocenters. The van der Waals surface area contributed by atoms with Crippen LogP contribution in [0.2, 0.25) is 0 Å². The maximum atomic E-state index is 12.4. The van der Waals surface area contributed by atoms with E-state index in [1.54, 1.807) is 30.2 Å². The summed E-state index contributed by atoms with van der Waals surface area (Å²) in [5.41, 5.74) is 0.807. The van der Waals surface area contributed by atoms with Crippen LogP contribution in [0.3, 0.4) is 0 Å². The summed E-state index contributed by atoms with van der Waals surface area (Å²) in [6.07, 6.45) is 4.38. The number of rotatable bonds is 5. The first-order valence-electron chi connectivity index (χ1n) is 7.70. The van der Waals surface area contributed by atoms with Crippen LogP contribution in [0.25, 0.3) is 0 Å². The van der Waals surface area contributed by atoms with Gasteiger partial charge in [0, 0.05) is 31.5 Å². The van der Waals surface area contributed by atoms with Crippen molar-refractivity contribution in [3.8, 4) is 11.5 Å². The maximum Gasteiger partial charge on any atom is 0.274 e. The Labute approximate surface area is 144 Å². The molecule has 130 valence electrons. The summed E-state index contributed by atoms with van der Waals surface area (Å²) in [5.74, 6) is 0.479. The number of ether oxygens (including phenoxy) is 2. The second kappa shape index (κ2) is 7.16. The second-order valence-electron chi connectivity index (χ2n) is 5.55. The summed E-state index contributed by atoms with van der Waals surface area (Å²) in [6, 6.07) is 5.16. The summed E-state index contributed by atoms with van der Waals surface area (Å²) in [6.45, 7) is 0.682. The molecular formula is C17H18N4O4. The van der Waals surface area contributed by atoms with Gasteiger partial charge in [0.05, 0.1) is 32.0 Å². The monoisotopic (exact) mass is 342 g/mol. The molecule has 8 heteroatoms. The molecule has 0 atom stereocenters. The number of carbonyl (C=O) groups excluding carboxylic acids is 2. The zero-order chi connectivity index (χ0) is 17.8. The molecular weight excluding hydrogens is 324 g/mol. The normalized spacial score (nSPS) is 13.8. The van der Waals surface area contributed by atoms with Crippen molar-refractivity contribution in [2.75, 3.05) is 32.6 Å². The number of hydrogen-bond acceptors (Lipinski definition) is 6. The lowest BCUT2D eigenvalue weighted by Gasteiger charge is -2.37. The van der Waals surface area contributed by atoms with E-state index in [1.807, 2.05) is 0 Å². The molecule has 1 aliphatic heterocycles. The van der Waals surface area contributed by atoms with Gasteiger partial charge in [-0.2, -0.15) is 0 Å². The first kappa shape index (κ1) is 16.7. The van der Waals surface area contributed by atoms with Crippen LogP contribution in [-0.2, 0) is 4.79 Å². The Balaban J connectivity index is 1.60. The van der Waals surface area contributed by atoms with Crippen molar-refractivity contribution in [1.82, 2.24) is 14.9 Å². The van der Waals surface area contributed by atoms with E-state index in [1.165, 1.54) is 25.7 Å². The quantitative estimate of drug-likeness (QED) is 0.878. The summed E-state index contributed by atoms with van der Waals surface area (Å²) in [7, 11) is 3.08. The maximum absolute atomic E-state index is 12.4. The molecule has 1 fully saturated rings. The van der Waals surface area contributed by atoms with E-state index < -0.39 is 0 Å². The number of likely N-dealkylation sites (tertiary alicyclic amines) is 1. The third kappa shape index (κ3) is 3.52. The lowest BCUT2D eigenvalue weighted by Crippen LogP contribution is -2.54. The van der Waals surface area contributed by atoms with Gasteiger partial charge in [0.15, 0.2) is 0 Å². The first-order chi connectivity index (χ1) is 12.1. The van der Waals surface area contributed by atoms with Gasteiger partial charge < -0.3 is 19.7 Å². The summed E-state index contributed by atoms with van der Waals surface area (Å²) in [5, 5.41) is 2.83. The van der Waals surface area contributed by atoms with Crippen LogP contribution < -0.4 is 14.8 Å². The fraction of sp³-hybridized carbons (Fsp3) is 0.294. The Hall–Kier alpha value is -3.16. The SMILES string of the molecule is COc1ccc(OC)c(NC(=O)C2CN(C(=O)c3cnccn3)C2)c1. The van der Waals surface area contributed by atoms with Crippen LogP contribution >= 0.6 is 0 Å². The number of aromatic nitrogens is 2. The van der Waals surface area contributed by atoms with E-state index in [9.17, 15) is 9.59 Å². The number of carbonyl (C=O) groups is 2. The molecule has 25 heavy (non-hydrogen) atoms. The number of amides is 2. The molecule has 1 aromatic carbocycles. The smallest absolute Gasteiger partial charge is 0.274 e. The molecule has 1 saturated heterocycles. The van der Waals surface area contributed by atoms with Crippen molar-refractivity contribution in [1.29, 1.82) is 0 Å². The third-order valence-electron chi connectivity index (χ3n) is 3.99. The van der Waals surface area contributed by atoms with E-state index in [2.05, 4.69) is 15.3 Å². The highest BCUT2D eigenvalue weighted by atomic mass is 16.5. The van der Waals surface area contributed by atoms with E-state index in [4.69, 9.17) is 9.47 Å². The highest BCUT2D eigenvalue weighted by molar-refractivity contribution is 5.98. The first-order valence-corrected chi connectivity index (χ1v) is 7.70. The van der Waals surface area contributed by atoms with Crippen LogP contribution in [0, 0.1) is 5.92 Å². The number of methoxy groups -OCH3 is 2. The average Bonchev–Trinajstić information content (AvgIpc) is 2.61. The Kier molecular flexibility index (Phi) is 4.78. The molecule has 0 saturated carbocycles. The van der Waals surface area contributed by atoms with Gasteiger partial charge in [0.2, 0.25) is 5.91 Å². The van der Waals surface area contributed by atoms with Crippen LogP contribution in [0.1, 0.15) is 10.5 Å². The molecule has 2 heterocycles. The Morgan fingerprint density at radius 3 is 2.64 bits per heavy atom. The molecule has 0 radical (unpaired) electrons. The predicted octanol–water partition coefficient (Wildman–Crippen LogP) is 1.20. The molecule has 0 bridgehead atoms. The van der Waals surface area contributed by atoms with Crippen LogP contribution in [0.4, 0.5) is 5.69 Å². The number of hydrogen-bond donors (Lipinski definition) is 1. The van der Waals surface area contributed by atoms with E-state index in [-0.39, 0.29) is 23.4 Å². The van der Waals surface area contributed by atoms with E-state index in [0.29, 0.717) is 30.3 Å². The number of benzene rings is 1. The number of nitrogens with one attached hydrogen (secondary N) is 1. The second-order valence-corrected chi connectivity index (χ2v) is 5.55. The van der Waals surface area contributed by atoms with Crippen molar-refractivity contribution in [3.05, 3.63) is 42.5 Å². The van der Waals surface area contributed by atoms with Crippen molar-refractivity contribution < 1.29 is 19.1 Å². The predicted molar refractivity (Wildman–Crippen MR) is 89.6 cm³/mol. The van der Waals surface area contributed by atoms with Gasteiger partial charge in [-0.3, -0.25) is 14.6 Å². The van der Waals surface area contributed by atoms with Crippen LogP contribution in [0.15, 0.2) is 36.8 Å². The van der Waals surface area contributed by atoms with Crippen molar-refractivity contribution in [2.24, 2.45) is 5.92 Å². The van der Waals surface area contributed by atoms with Gasteiger partial charge in [-0.15, -0.1) is 0 Å². The van der Waals surface area contributed by atoms with Gasteiger partial charge in [0.25, 0.3) is 5.91 Å². The molecule has 1 aliphatic rings. The highest BCUT2D eigenvalue weighted by Gasteiger charge is 2.36. The Morgan fingerprint density at radius 2 is 2.00 bits per heavy atom. The standard InChI is InChI=1S/C17H18N4O4/c1-24-12-3-4-15(25-2)13(7-12)20-16(22)11-9-21(10-11)17(23)14-8-18-5-6-19-14/h3-8,11H,9-10H2,1-2H3,(H,20,22). The number of anilines is 1. The molecule has 2 aromatic rings. The zero-order valence-corrected chi connectivity index (χ0v) is 13.9. The van der Waals surface area contributed by atoms with Crippen molar-refractivity contribution >= 4 is 17.5 Å². The molecule has 8 nitrogen and oxygen atoms in total. The molecule has 1 aromatic heterocycles. The van der Waals surface area contributed by atoms with Gasteiger partial charge in [0.1, 0.15) is 17.2 Å².